The Kier molecular flexibility index (Phi) is 3.86. The highest BCUT2D eigenvalue weighted by Gasteiger charge is 1.97. The Morgan fingerprint density at radius 1 is 1.00 bits per heavy atom. The van der Waals surface area contributed by atoms with Crippen LogP contribution in [0.5, 0.6) is 17.2 Å². The third-order valence-electron chi connectivity index (χ3n) is 2.36. The van der Waals surface area contributed by atoms with Crippen molar-refractivity contribution in [3.8, 4) is 17.2 Å². The Bertz CT molecular complexity index is 533. The first-order valence-corrected chi connectivity index (χ1v) is 5.54. The smallest absolute Gasteiger partial charge is 0.126 e. The van der Waals surface area contributed by atoms with Crippen molar-refractivity contribution in [1.29, 1.82) is 0 Å². The second kappa shape index (κ2) is 5.77. The quantitative estimate of drug-likeness (QED) is 0.834. The molecule has 3 nitrogen and oxygen atoms in total. The molecular formula is C15H14O3. The van der Waals surface area contributed by atoms with Crippen LogP contribution >= 0.6 is 0 Å². The molecule has 0 aliphatic heterocycles. The van der Waals surface area contributed by atoms with Gasteiger partial charge in [0, 0.05) is 6.07 Å². The molecule has 2 rings (SSSR count). The molecule has 0 heterocycles. The number of para-hydroxylation sites is 1. The monoisotopic (exact) mass is 242 g/mol. The van der Waals surface area contributed by atoms with E-state index in [1.807, 2.05) is 36.4 Å². The van der Waals surface area contributed by atoms with Crippen LogP contribution in [0.2, 0.25) is 0 Å². The molecule has 0 bridgehead atoms. The zero-order valence-electron chi connectivity index (χ0n) is 10.0. The minimum absolute atomic E-state index is 0.161. The molecular weight excluding hydrogens is 228 g/mol. The summed E-state index contributed by atoms with van der Waals surface area (Å²) in [7, 11) is 1.56. The van der Waals surface area contributed by atoms with Crippen LogP contribution < -0.4 is 9.47 Å². The van der Waals surface area contributed by atoms with Crippen LogP contribution in [0.4, 0.5) is 0 Å². The van der Waals surface area contributed by atoms with E-state index in [2.05, 4.69) is 0 Å². The highest BCUT2D eigenvalue weighted by atomic mass is 16.5. The molecule has 0 aromatic heterocycles. The normalized spacial score (nSPS) is 10.5. The Hall–Kier alpha value is -2.42. The van der Waals surface area contributed by atoms with Gasteiger partial charge >= 0.3 is 0 Å². The van der Waals surface area contributed by atoms with Crippen LogP contribution in [-0.4, -0.2) is 12.2 Å². The lowest BCUT2D eigenvalue weighted by atomic mass is 10.2. The molecule has 0 radical (unpaired) electrons. The van der Waals surface area contributed by atoms with Gasteiger partial charge in [-0.05, 0) is 35.9 Å². The van der Waals surface area contributed by atoms with Crippen molar-refractivity contribution < 1.29 is 14.6 Å². The van der Waals surface area contributed by atoms with E-state index in [4.69, 9.17) is 9.47 Å². The van der Waals surface area contributed by atoms with Gasteiger partial charge in [-0.2, -0.15) is 0 Å². The summed E-state index contributed by atoms with van der Waals surface area (Å²) < 4.78 is 10.5. The first kappa shape index (κ1) is 12.0. The van der Waals surface area contributed by atoms with Gasteiger partial charge in [0.25, 0.3) is 0 Å². The Balaban J connectivity index is 2.07. The third kappa shape index (κ3) is 3.28. The van der Waals surface area contributed by atoms with Crippen molar-refractivity contribution in [2.45, 2.75) is 0 Å². The van der Waals surface area contributed by atoms with Crippen LogP contribution in [0.3, 0.4) is 0 Å². The Morgan fingerprint density at radius 3 is 2.50 bits per heavy atom. The molecule has 0 unspecified atom stereocenters. The van der Waals surface area contributed by atoms with Gasteiger partial charge in [-0.1, -0.05) is 18.2 Å². The summed E-state index contributed by atoms with van der Waals surface area (Å²) in [6.07, 6.45) is 3.33. The van der Waals surface area contributed by atoms with E-state index < -0.39 is 0 Å². The van der Waals surface area contributed by atoms with Gasteiger partial charge in [-0.3, -0.25) is 0 Å². The number of aromatic hydroxyl groups is 1. The zero-order valence-corrected chi connectivity index (χ0v) is 10.0. The van der Waals surface area contributed by atoms with Gasteiger partial charge in [-0.15, -0.1) is 0 Å². The first-order chi connectivity index (χ1) is 8.78. The van der Waals surface area contributed by atoms with Gasteiger partial charge < -0.3 is 14.6 Å². The summed E-state index contributed by atoms with van der Waals surface area (Å²) in [5.74, 6) is 1.53. The second-order valence-corrected chi connectivity index (χ2v) is 3.70. The van der Waals surface area contributed by atoms with Crippen LogP contribution in [0, 0.1) is 0 Å². The summed E-state index contributed by atoms with van der Waals surface area (Å²) >= 11 is 0. The topological polar surface area (TPSA) is 38.7 Å². The van der Waals surface area contributed by atoms with Crippen LogP contribution in [0.15, 0.2) is 54.8 Å². The summed E-state index contributed by atoms with van der Waals surface area (Å²) in [5.41, 5.74) is 0.808. The maximum absolute atomic E-state index is 9.49. The molecule has 0 saturated heterocycles. The van der Waals surface area contributed by atoms with E-state index in [1.54, 1.807) is 31.6 Å². The Labute approximate surface area is 106 Å². The molecule has 92 valence electrons. The molecule has 1 N–H and O–H groups in total. The van der Waals surface area contributed by atoms with Gasteiger partial charge in [0.1, 0.15) is 17.2 Å². The van der Waals surface area contributed by atoms with Crippen molar-refractivity contribution in [2.75, 3.05) is 7.11 Å². The summed E-state index contributed by atoms with van der Waals surface area (Å²) in [6, 6.07) is 14.5. The van der Waals surface area contributed by atoms with Crippen molar-refractivity contribution in [2.24, 2.45) is 0 Å². The molecule has 0 fully saturated rings. The van der Waals surface area contributed by atoms with Crippen LogP contribution in [0.25, 0.3) is 6.08 Å². The molecule has 0 atom stereocenters. The van der Waals surface area contributed by atoms with E-state index in [-0.39, 0.29) is 5.75 Å². The lowest BCUT2D eigenvalue weighted by Crippen LogP contribution is -1.84. The molecule has 0 saturated carbocycles. The minimum atomic E-state index is 0.161. The molecule has 0 amide bonds. The average molecular weight is 242 g/mol. The van der Waals surface area contributed by atoms with Crippen molar-refractivity contribution >= 4 is 6.08 Å². The molecule has 0 aliphatic rings. The fourth-order valence-electron chi connectivity index (χ4n) is 1.51. The fraction of sp³-hybridized carbons (Fsp3) is 0.0667. The minimum Gasteiger partial charge on any atom is -0.508 e. The maximum atomic E-state index is 9.49. The number of benzene rings is 2. The van der Waals surface area contributed by atoms with Crippen LogP contribution in [-0.2, 0) is 0 Å². The van der Waals surface area contributed by atoms with E-state index in [0.29, 0.717) is 5.75 Å². The maximum Gasteiger partial charge on any atom is 0.126 e. The average Bonchev–Trinajstić information content (AvgIpc) is 2.39. The highest BCUT2D eigenvalue weighted by Crippen LogP contribution is 2.22. The van der Waals surface area contributed by atoms with Gasteiger partial charge in [-0.25, -0.2) is 0 Å². The third-order valence-corrected chi connectivity index (χ3v) is 2.36. The van der Waals surface area contributed by atoms with Crippen molar-refractivity contribution in [3.05, 3.63) is 60.4 Å². The number of phenolic OH excluding ortho intramolecular Hbond substituents is 1. The predicted octanol–water partition coefficient (Wildman–Crippen LogP) is 3.45. The SMILES string of the molecule is COc1cc(O)cc(/C=C\Oc2ccccc2)c1. The van der Waals surface area contributed by atoms with Crippen molar-refractivity contribution in [1.82, 2.24) is 0 Å². The number of ether oxygens (including phenoxy) is 2. The predicted molar refractivity (Wildman–Crippen MR) is 70.8 cm³/mol. The van der Waals surface area contributed by atoms with E-state index in [1.165, 1.54) is 0 Å². The fourth-order valence-corrected chi connectivity index (χ4v) is 1.51. The highest BCUT2D eigenvalue weighted by molar-refractivity contribution is 5.54. The lowest BCUT2D eigenvalue weighted by Gasteiger charge is -2.03. The number of rotatable bonds is 4. The standard InChI is InChI=1S/C15H14O3/c1-17-15-10-12(9-13(16)11-15)7-8-18-14-5-3-2-4-6-14/h2-11,16H,1H3/b8-7-. The summed E-state index contributed by atoms with van der Waals surface area (Å²) in [4.78, 5) is 0. The first-order valence-electron chi connectivity index (χ1n) is 5.54. The molecule has 18 heavy (non-hydrogen) atoms. The molecule has 2 aromatic rings. The molecule has 3 heteroatoms. The van der Waals surface area contributed by atoms with Gasteiger partial charge in [0.15, 0.2) is 0 Å². The van der Waals surface area contributed by atoms with Crippen molar-refractivity contribution in [3.63, 3.8) is 0 Å². The lowest BCUT2D eigenvalue weighted by molar-refractivity contribution is 0.407. The van der Waals surface area contributed by atoms with E-state index in [0.717, 1.165) is 11.3 Å². The summed E-state index contributed by atoms with van der Waals surface area (Å²) in [6.45, 7) is 0. The Morgan fingerprint density at radius 2 is 1.78 bits per heavy atom. The molecule has 2 aromatic carbocycles. The zero-order chi connectivity index (χ0) is 12.8. The van der Waals surface area contributed by atoms with E-state index in [9.17, 15) is 5.11 Å². The largest absolute Gasteiger partial charge is 0.508 e. The number of hydrogen-bond acceptors (Lipinski definition) is 3. The number of hydrogen-bond donors (Lipinski definition) is 1. The number of phenols is 1. The molecule has 0 aliphatic carbocycles. The van der Waals surface area contributed by atoms with Crippen LogP contribution in [0.1, 0.15) is 5.56 Å². The van der Waals surface area contributed by atoms with E-state index >= 15 is 0 Å². The van der Waals surface area contributed by atoms with Gasteiger partial charge in [0.2, 0.25) is 0 Å². The molecule has 0 spiro atoms. The second-order valence-electron chi connectivity index (χ2n) is 3.70. The van der Waals surface area contributed by atoms with Gasteiger partial charge in [0.05, 0.1) is 13.4 Å². The summed E-state index contributed by atoms with van der Waals surface area (Å²) in [5, 5.41) is 9.49. The number of methoxy groups -OCH3 is 1.